The Morgan fingerprint density at radius 1 is 1.44 bits per heavy atom. The monoisotopic (exact) mass is 222 g/mol. The van der Waals surface area contributed by atoms with Gasteiger partial charge in [0.2, 0.25) is 0 Å². The van der Waals surface area contributed by atoms with E-state index in [1.807, 2.05) is 13.0 Å². The summed E-state index contributed by atoms with van der Waals surface area (Å²) >= 11 is 0. The lowest BCUT2D eigenvalue weighted by atomic mass is 9.97. The SMILES string of the molecule is CCC(C)c1c(F)cccc1OCC1CC1. The van der Waals surface area contributed by atoms with Gasteiger partial charge in [-0.3, -0.25) is 0 Å². The first-order chi connectivity index (χ1) is 7.72. The number of rotatable bonds is 5. The maximum absolute atomic E-state index is 13.7. The summed E-state index contributed by atoms with van der Waals surface area (Å²) in [6, 6.07) is 5.13. The van der Waals surface area contributed by atoms with Crippen molar-refractivity contribution in [1.82, 2.24) is 0 Å². The minimum atomic E-state index is -0.136. The van der Waals surface area contributed by atoms with E-state index in [0.29, 0.717) is 5.92 Å². The predicted molar refractivity (Wildman–Crippen MR) is 63.3 cm³/mol. The van der Waals surface area contributed by atoms with E-state index in [1.54, 1.807) is 6.07 Å². The van der Waals surface area contributed by atoms with Gasteiger partial charge in [-0.1, -0.05) is 19.9 Å². The lowest BCUT2D eigenvalue weighted by Gasteiger charge is -2.16. The molecule has 1 saturated carbocycles. The molecular weight excluding hydrogens is 203 g/mol. The Kier molecular flexibility index (Phi) is 3.47. The standard InChI is InChI=1S/C14H19FO/c1-3-10(2)14-12(15)5-4-6-13(14)16-9-11-7-8-11/h4-6,10-11H,3,7-9H2,1-2H3. The Bertz CT molecular complexity index is 358. The third-order valence-electron chi connectivity index (χ3n) is 3.29. The van der Waals surface area contributed by atoms with E-state index in [1.165, 1.54) is 18.9 Å². The molecule has 0 aromatic heterocycles. The van der Waals surface area contributed by atoms with Crippen molar-refractivity contribution in [1.29, 1.82) is 0 Å². The van der Waals surface area contributed by atoms with Crippen LogP contribution in [0, 0.1) is 11.7 Å². The van der Waals surface area contributed by atoms with Gasteiger partial charge >= 0.3 is 0 Å². The van der Waals surface area contributed by atoms with E-state index in [2.05, 4.69) is 6.92 Å². The van der Waals surface area contributed by atoms with Crippen molar-refractivity contribution in [2.75, 3.05) is 6.61 Å². The van der Waals surface area contributed by atoms with E-state index in [4.69, 9.17) is 4.74 Å². The van der Waals surface area contributed by atoms with Gasteiger partial charge in [-0.25, -0.2) is 4.39 Å². The molecule has 0 saturated heterocycles. The molecule has 0 amide bonds. The highest BCUT2D eigenvalue weighted by Gasteiger charge is 2.23. The van der Waals surface area contributed by atoms with Crippen LogP contribution in [0.15, 0.2) is 18.2 Å². The van der Waals surface area contributed by atoms with Crippen LogP contribution in [0.4, 0.5) is 4.39 Å². The van der Waals surface area contributed by atoms with Crippen LogP contribution in [-0.4, -0.2) is 6.61 Å². The van der Waals surface area contributed by atoms with Crippen molar-refractivity contribution in [3.8, 4) is 5.75 Å². The fraction of sp³-hybridized carbons (Fsp3) is 0.571. The van der Waals surface area contributed by atoms with Gasteiger partial charge in [0.05, 0.1) is 6.61 Å². The fourth-order valence-electron chi connectivity index (χ4n) is 1.82. The minimum absolute atomic E-state index is 0.136. The van der Waals surface area contributed by atoms with Gasteiger partial charge in [-0.2, -0.15) is 0 Å². The zero-order chi connectivity index (χ0) is 11.5. The van der Waals surface area contributed by atoms with Crippen molar-refractivity contribution in [2.24, 2.45) is 5.92 Å². The molecule has 0 spiro atoms. The topological polar surface area (TPSA) is 9.23 Å². The lowest BCUT2D eigenvalue weighted by Crippen LogP contribution is -2.05. The second-order valence-electron chi connectivity index (χ2n) is 4.72. The summed E-state index contributed by atoms with van der Waals surface area (Å²) in [6.45, 7) is 4.86. The number of halogens is 1. The quantitative estimate of drug-likeness (QED) is 0.728. The van der Waals surface area contributed by atoms with Crippen molar-refractivity contribution in [3.05, 3.63) is 29.6 Å². The van der Waals surface area contributed by atoms with Gasteiger partial charge in [0.1, 0.15) is 11.6 Å². The fourth-order valence-corrected chi connectivity index (χ4v) is 1.82. The smallest absolute Gasteiger partial charge is 0.130 e. The number of benzene rings is 1. The van der Waals surface area contributed by atoms with Crippen molar-refractivity contribution in [3.63, 3.8) is 0 Å². The van der Waals surface area contributed by atoms with Crippen LogP contribution in [0.25, 0.3) is 0 Å². The average Bonchev–Trinajstić information content (AvgIpc) is 3.09. The Labute approximate surface area is 96.6 Å². The zero-order valence-corrected chi connectivity index (χ0v) is 10.0. The van der Waals surface area contributed by atoms with Crippen molar-refractivity contribution >= 4 is 0 Å². The summed E-state index contributed by atoms with van der Waals surface area (Å²) < 4.78 is 19.5. The lowest BCUT2D eigenvalue weighted by molar-refractivity contribution is 0.293. The van der Waals surface area contributed by atoms with Gasteiger partial charge in [0.15, 0.2) is 0 Å². The molecule has 0 bridgehead atoms. The normalized spacial score (nSPS) is 17.2. The van der Waals surface area contributed by atoms with E-state index in [0.717, 1.165) is 24.3 Å². The molecule has 0 heterocycles. The zero-order valence-electron chi connectivity index (χ0n) is 10.0. The molecule has 0 aliphatic heterocycles. The highest BCUT2D eigenvalue weighted by molar-refractivity contribution is 5.37. The van der Waals surface area contributed by atoms with Crippen LogP contribution in [-0.2, 0) is 0 Å². The predicted octanol–water partition coefficient (Wildman–Crippen LogP) is 4.13. The summed E-state index contributed by atoms with van der Waals surface area (Å²) in [4.78, 5) is 0. The Morgan fingerprint density at radius 3 is 2.81 bits per heavy atom. The molecule has 1 aliphatic carbocycles. The van der Waals surface area contributed by atoms with Crippen LogP contribution in [0.3, 0.4) is 0 Å². The van der Waals surface area contributed by atoms with Gasteiger partial charge in [-0.15, -0.1) is 0 Å². The molecule has 1 aromatic carbocycles. The Hall–Kier alpha value is -1.05. The maximum Gasteiger partial charge on any atom is 0.130 e. The molecule has 1 fully saturated rings. The number of hydrogen-bond donors (Lipinski definition) is 0. The summed E-state index contributed by atoms with van der Waals surface area (Å²) in [7, 11) is 0. The van der Waals surface area contributed by atoms with E-state index in [9.17, 15) is 4.39 Å². The summed E-state index contributed by atoms with van der Waals surface area (Å²) in [5.74, 6) is 1.52. The molecular formula is C14H19FO. The van der Waals surface area contributed by atoms with Gasteiger partial charge in [0.25, 0.3) is 0 Å². The van der Waals surface area contributed by atoms with Crippen LogP contribution >= 0.6 is 0 Å². The first kappa shape index (κ1) is 11.4. The Balaban J connectivity index is 2.16. The summed E-state index contributed by atoms with van der Waals surface area (Å²) in [6.07, 6.45) is 3.45. The van der Waals surface area contributed by atoms with E-state index >= 15 is 0 Å². The highest BCUT2D eigenvalue weighted by Crippen LogP contribution is 2.34. The molecule has 2 rings (SSSR count). The molecule has 1 aliphatic rings. The van der Waals surface area contributed by atoms with E-state index < -0.39 is 0 Å². The minimum Gasteiger partial charge on any atom is -0.493 e. The largest absolute Gasteiger partial charge is 0.493 e. The van der Waals surface area contributed by atoms with Gasteiger partial charge in [-0.05, 0) is 43.2 Å². The number of hydrogen-bond acceptors (Lipinski definition) is 1. The molecule has 1 unspecified atom stereocenters. The van der Waals surface area contributed by atoms with Crippen molar-refractivity contribution in [2.45, 2.75) is 39.0 Å². The number of ether oxygens (including phenoxy) is 1. The van der Waals surface area contributed by atoms with Crippen LogP contribution in [0.1, 0.15) is 44.6 Å². The molecule has 0 N–H and O–H groups in total. The van der Waals surface area contributed by atoms with Crippen LogP contribution in [0.2, 0.25) is 0 Å². The third kappa shape index (κ3) is 2.55. The Morgan fingerprint density at radius 2 is 2.19 bits per heavy atom. The molecule has 0 radical (unpaired) electrons. The first-order valence-electron chi connectivity index (χ1n) is 6.13. The second-order valence-corrected chi connectivity index (χ2v) is 4.72. The second kappa shape index (κ2) is 4.86. The molecule has 1 atom stereocenters. The first-order valence-corrected chi connectivity index (χ1v) is 6.13. The summed E-state index contributed by atoms with van der Waals surface area (Å²) in [5.41, 5.74) is 0.741. The summed E-state index contributed by atoms with van der Waals surface area (Å²) in [5, 5.41) is 0. The molecule has 88 valence electrons. The van der Waals surface area contributed by atoms with Crippen LogP contribution < -0.4 is 4.74 Å². The van der Waals surface area contributed by atoms with Gasteiger partial charge in [0, 0.05) is 5.56 Å². The maximum atomic E-state index is 13.7. The average molecular weight is 222 g/mol. The molecule has 1 aromatic rings. The van der Waals surface area contributed by atoms with Gasteiger partial charge < -0.3 is 4.74 Å². The van der Waals surface area contributed by atoms with Crippen LogP contribution in [0.5, 0.6) is 5.75 Å². The van der Waals surface area contributed by atoms with Crippen molar-refractivity contribution < 1.29 is 9.13 Å². The molecule has 16 heavy (non-hydrogen) atoms. The third-order valence-corrected chi connectivity index (χ3v) is 3.29. The highest BCUT2D eigenvalue weighted by atomic mass is 19.1. The van der Waals surface area contributed by atoms with E-state index in [-0.39, 0.29) is 11.7 Å². The molecule has 1 nitrogen and oxygen atoms in total. The molecule has 2 heteroatoms.